The highest BCUT2D eigenvalue weighted by Crippen LogP contribution is 2.08. The molecule has 0 aromatic heterocycles. The quantitative estimate of drug-likeness (QED) is 0.713. The van der Waals surface area contributed by atoms with Gasteiger partial charge in [-0.25, -0.2) is 0 Å². The van der Waals surface area contributed by atoms with Crippen molar-refractivity contribution in [3.8, 4) is 0 Å². The highest BCUT2D eigenvalue weighted by Gasteiger charge is 2.24. The number of morpholine rings is 1. The van der Waals surface area contributed by atoms with Crippen LogP contribution in [0.2, 0.25) is 0 Å². The van der Waals surface area contributed by atoms with E-state index in [-0.39, 0.29) is 6.10 Å². The zero-order valence-electron chi connectivity index (χ0n) is 13.8. The van der Waals surface area contributed by atoms with Crippen LogP contribution in [0.1, 0.15) is 19.4 Å². The van der Waals surface area contributed by atoms with E-state index in [9.17, 15) is 0 Å². The lowest BCUT2D eigenvalue weighted by Gasteiger charge is -2.31. The van der Waals surface area contributed by atoms with Crippen molar-refractivity contribution in [2.24, 2.45) is 5.92 Å². The van der Waals surface area contributed by atoms with E-state index in [1.54, 1.807) is 4.90 Å². The van der Waals surface area contributed by atoms with Gasteiger partial charge in [0.25, 0.3) is 0 Å². The molecule has 1 aliphatic rings. The first-order valence-corrected chi connectivity index (χ1v) is 8.50. The van der Waals surface area contributed by atoms with Crippen LogP contribution in [0.4, 0.5) is 5.69 Å². The summed E-state index contributed by atoms with van der Waals surface area (Å²) in [5.74, 6) is 0.728. The molecule has 3 N–H and O–H groups in total. The fourth-order valence-electron chi connectivity index (χ4n) is 2.77. The van der Waals surface area contributed by atoms with E-state index in [4.69, 9.17) is 17.0 Å². The van der Waals surface area contributed by atoms with E-state index < -0.39 is 0 Å². The zero-order chi connectivity index (χ0) is 15.9. The number of quaternary nitrogens is 1. The van der Waals surface area contributed by atoms with Crippen molar-refractivity contribution in [2.75, 3.05) is 38.1 Å². The van der Waals surface area contributed by atoms with Gasteiger partial charge in [-0.15, -0.1) is 0 Å². The number of hydrogen-bond donors (Lipinski definition) is 3. The maximum absolute atomic E-state index is 5.84. The number of nitrogens with one attached hydrogen (secondary N) is 3. The second-order valence-electron chi connectivity index (χ2n) is 6.50. The number of anilines is 1. The second-order valence-corrected chi connectivity index (χ2v) is 6.90. The lowest BCUT2D eigenvalue weighted by molar-refractivity contribution is -0.914. The predicted octanol–water partition coefficient (Wildman–Crippen LogP) is 1.22. The summed E-state index contributed by atoms with van der Waals surface area (Å²) >= 11 is 5.35. The van der Waals surface area contributed by atoms with Crippen LogP contribution >= 0.6 is 12.2 Å². The van der Waals surface area contributed by atoms with Crippen molar-refractivity contribution in [1.82, 2.24) is 5.32 Å². The maximum Gasteiger partial charge on any atom is 0.170 e. The van der Waals surface area contributed by atoms with E-state index in [0.29, 0.717) is 5.11 Å². The molecule has 2 rings (SSSR count). The summed E-state index contributed by atoms with van der Waals surface area (Å²) in [5.41, 5.74) is 2.26. The summed E-state index contributed by atoms with van der Waals surface area (Å²) in [6.07, 6.45) is 0.236. The van der Waals surface area contributed by atoms with Crippen molar-refractivity contribution in [1.29, 1.82) is 0 Å². The van der Waals surface area contributed by atoms with Crippen molar-refractivity contribution in [3.05, 3.63) is 29.8 Å². The number of rotatable bonds is 5. The van der Waals surface area contributed by atoms with Gasteiger partial charge in [-0.2, -0.15) is 0 Å². The largest absolute Gasteiger partial charge is 0.365 e. The Hall–Kier alpha value is -1.17. The van der Waals surface area contributed by atoms with E-state index in [0.717, 1.165) is 37.8 Å². The molecule has 0 radical (unpaired) electrons. The minimum atomic E-state index is 0.236. The summed E-state index contributed by atoms with van der Waals surface area (Å²) in [7, 11) is 0. The molecule has 1 fully saturated rings. The molecule has 1 aromatic carbocycles. The van der Waals surface area contributed by atoms with Crippen molar-refractivity contribution in [3.63, 3.8) is 0 Å². The molecule has 1 heterocycles. The summed E-state index contributed by atoms with van der Waals surface area (Å²) in [5, 5.41) is 7.14. The van der Waals surface area contributed by atoms with Crippen LogP contribution in [0.25, 0.3) is 0 Å². The highest BCUT2D eigenvalue weighted by molar-refractivity contribution is 7.80. The maximum atomic E-state index is 5.84. The number of aryl methyl sites for hydroxylation is 1. The van der Waals surface area contributed by atoms with Gasteiger partial charge in [0.2, 0.25) is 0 Å². The molecule has 122 valence electrons. The van der Waals surface area contributed by atoms with Gasteiger partial charge in [0, 0.05) is 18.2 Å². The molecule has 22 heavy (non-hydrogen) atoms. The minimum Gasteiger partial charge on any atom is -0.365 e. The molecule has 0 saturated carbocycles. The van der Waals surface area contributed by atoms with Gasteiger partial charge in [-0.3, -0.25) is 0 Å². The van der Waals surface area contributed by atoms with E-state index >= 15 is 0 Å². The molecule has 1 unspecified atom stereocenters. The molecule has 2 atom stereocenters. The normalized spacial score (nSPS) is 21.6. The van der Waals surface area contributed by atoms with Crippen LogP contribution in [-0.4, -0.2) is 44.0 Å². The third kappa shape index (κ3) is 5.91. The SMILES string of the molecule is Cc1ccc(NC(=S)NC[C@@H]2C[NH+](CC(C)C)CCO2)cc1. The van der Waals surface area contributed by atoms with Gasteiger partial charge in [-0.05, 0) is 31.3 Å². The Balaban J connectivity index is 1.72. The number of hydrogen-bond acceptors (Lipinski definition) is 2. The second kappa shape index (κ2) is 8.46. The van der Waals surface area contributed by atoms with Crippen LogP contribution in [0.3, 0.4) is 0 Å². The molecule has 1 aromatic rings. The molecule has 5 heteroatoms. The minimum absolute atomic E-state index is 0.236. The molecule has 0 bridgehead atoms. The molecule has 1 saturated heterocycles. The standard InChI is InChI=1S/C17H27N3OS/c1-13(2)11-20-8-9-21-16(12-20)10-18-17(22)19-15-6-4-14(3)5-7-15/h4-7,13,16H,8-12H2,1-3H3,(H2,18,19,22)/p+1/t16-/m1/s1. The van der Waals surface area contributed by atoms with Gasteiger partial charge in [-0.1, -0.05) is 31.5 Å². The average molecular weight is 322 g/mol. The van der Waals surface area contributed by atoms with Gasteiger partial charge >= 0.3 is 0 Å². The Morgan fingerprint density at radius 1 is 1.36 bits per heavy atom. The Labute approximate surface area is 139 Å². The predicted molar refractivity (Wildman–Crippen MR) is 95.5 cm³/mol. The Bertz CT molecular complexity index is 475. The van der Waals surface area contributed by atoms with E-state index in [1.807, 2.05) is 12.1 Å². The first-order chi connectivity index (χ1) is 10.5. The van der Waals surface area contributed by atoms with Crippen LogP contribution in [-0.2, 0) is 4.74 Å². The lowest BCUT2D eigenvalue weighted by atomic mass is 10.2. The van der Waals surface area contributed by atoms with Crippen LogP contribution in [0.15, 0.2) is 24.3 Å². The smallest absolute Gasteiger partial charge is 0.170 e. The molecule has 0 aliphatic carbocycles. The monoisotopic (exact) mass is 322 g/mol. The van der Waals surface area contributed by atoms with Crippen LogP contribution in [0, 0.1) is 12.8 Å². The first-order valence-electron chi connectivity index (χ1n) is 8.09. The zero-order valence-corrected chi connectivity index (χ0v) is 14.6. The van der Waals surface area contributed by atoms with Crippen LogP contribution in [0.5, 0.6) is 0 Å². The average Bonchev–Trinajstić information content (AvgIpc) is 2.47. The van der Waals surface area contributed by atoms with E-state index in [2.05, 4.69) is 43.5 Å². The number of thiocarbonyl (C=S) groups is 1. The van der Waals surface area contributed by atoms with Crippen molar-refractivity contribution in [2.45, 2.75) is 26.9 Å². The first kappa shape index (κ1) is 17.2. The van der Waals surface area contributed by atoms with Crippen LogP contribution < -0.4 is 15.5 Å². The fraction of sp³-hybridized carbons (Fsp3) is 0.588. The summed E-state index contributed by atoms with van der Waals surface area (Å²) < 4.78 is 5.84. The number of ether oxygens (including phenoxy) is 1. The molecule has 0 spiro atoms. The van der Waals surface area contributed by atoms with Gasteiger partial charge < -0.3 is 20.3 Å². The molecule has 1 aliphatic heterocycles. The van der Waals surface area contributed by atoms with Crippen molar-refractivity contribution >= 4 is 23.0 Å². The number of benzene rings is 1. The fourth-order valence-corrected chi connectivity index (χ4v) is 2.97. The lowest BCUT2D eigenvalue weighted by Crippen LogP contribution is -3.15. The molecule has 0 amide bonds. The Morgan fingerprint density at radius 2 is 2.09 bits per heavy atom. The summed E-state index contributed by atoms with van der Waals surface area (Å²) in [6.45, 7) is 11.6. The third-order valence-corrected chi connectivity index (χ3v) is 4.07. The van der Waals surface area contributed by atoms with Crippen molar-refractivity contribution < 1.29 is 9.64 Å². The topological polar surface area (TPSA) is 37.7 Å². The third-order valence-electron chi connectivity index (χ3n) is 3.82. The summed E-state index contributed by atoms with van der Waals surface area (Å²) in [6, 6.07) is 8.22. The molecular formula is C17H28N3OS+. The summed E-state index contributed by atoms with van der Waals surface area (Å²) in [4.78, 5) is 1.63. The molecule has 4 nitrogen and oxygen atoms in total. The Morgan fingerprint density at radius 3 is 2.77 bits per heavy atom. The highest BCUT2D eigenvalue weighted by atomic mass is 32.1. The molecular weight excluding hydrogens is 294 g/mol. The van der Waals surface area contributed by atoms with Gasteiger partial charge in [0.05, 0.1) is 13.2 Å². The van der Waals surface area contributed by atoms with Gasteiger partial charge in [0.15, 0.2) is 5.11 Å². The van der Waals surface area contributed by atoms with Gasteiger partial charge in [0.1, 0.15) is 19.2 Å². The Kier molecular flexibility index (Phi) is 6.61. The van der Waals surface area contributed by atoms with E-state index in [1.165, 1.54) is 12.1 Å².